The molecule has 1 heterocycles. The molecule has 2 rings (SSSR count). The fourth-order valence-corrected chi connectivity index (χ4v) is 2.56. The highest BCUT2D eigenvalue weighted by Crippen LogP contribution is 2.26. The van der Waals surface area contributed by atoms with Crippen LogP contribution >= 0.6 is 24.0 Å². The highest BCUT2D eigenvalue weighted by Gasteiger charge is 2.11. The van der Waals surface area contributed by atoms with E-state index in [9.17, 15) is 8.78 Å². The van der Waals surface area contributed by atoms with Crippen LogP contribution in [0.15, 0.2) is 33.7 Å². The van der Waals surface area contributed by atoms with Gasteiger partial charge in [0.25, 0.3) is 0 Å². The number of aliphatic imine (C=N–C) groups is 1. The van der Waals surface area contributed by atoms with Crippen molar-refractivity contribution in [1.82, 2.24) is 10.6 Å². The Bertz CT molecular complexity index is 782. The van der Waals surface area contributed by atoms with Crippen LogP contribution in [0.2, 0.25) is 0 Å². The Morgan fingerprint density at radius 2 is 1.93 bits per heavy atom. The molecule has 0 unspecified atom stereocenters. The lowest BCUT2D eigenvalue weighted by Crippen LogP contribution is -2.36. The van der Waals surface area contributed by atoms with Crippen molar-refractivity contribution in [2.45, 2.75) is 40.5 Å². The molecule has 0 atom stereocenters. The second-order valence-corrected chi connectivity index (χ2v) is 5.84. The molecule has 0 saturated carbocycles. The van der Waals surface area contributed by atoms with Gasteiger partial charge in [-0.15, -0.1) is 24.0 Å². The maximum atomic E-state index is 12.6. The van der Waals surface area contributed by atoms with E-state index in [2.05, 4.69) is 20.4 Å². The van der Waals surface area contributed by atoms with E-state index in [4.69, 9.17) is 9.15 Å². The lowest BCUT2D eigenvalue weighted by molar-refractivity contribution is -0.0504. The molecular weight excluding hydrogens is 483 g/mol. The first-order valence-corrected chi connectivity index (χ1v) is 8.62. The van der Waals surface area contributed by atoms with Gasteiger partial charge in [-0.05, 0) is 45.0 Å². The quantitative estimate of drug-likeness (QED) is 0.314. The van der Waals surface area contributed by atoms with Crippen LogP contribution in [-0.2, 0) is 13.1 Å². The van der Waals surface area contributed by atoms with Crippen LogP contribution in [0.1, 0.15) is 29.6 Å². The Labute approximate surface area is 180 Å². The highest BCUT2D eigenvalue weighted by molar-refractivity contribution is 14.0. The van der Waals surface area contributed by atoms with Gasteiger partial charge in [-0.2, -0.15) is 8.78 Å². The van der Waals surface area contributed by atoms with E-state index in [0.29, 0.717) is 30.4 Å². The summed E-state index contributed by atoms with van der Waals surface area (Å²) in [5, 5.41) is 6.34. The molecule has 2 aromatic rings. The van der Waals surface area contributed by atoms with E-state index in [1.165, 1.54) is 13.2 Å². The molecule has 9 heteroatoms. The molecule has 2 N–H and O–H groups in total. The monoisotopic (exact) mass is 509 g/mol. The molecule has 6 nitrogen and oxygen atoms in total. The highest BCUT2D eigenvalue weighted by atomic mass is 127. The first kappa shape index (κ1) is 24.0. The van der Waals surface area contributed by atoms with Crippen molar-refractivity contribution < 1.29 is 22.7 Å². The van der Waals surface area contributed by atoms with E-state index < -0.39 is 6.61 Å². The Morgan fingerprint density at radius 3 is 2.50 bits per heavy atom. The normalized spacial score (nSPS) is 11.2. The smallest absolute Gasteiger partial charge is 0.387 e. The number of ether oxygens (including phenoxy) is 2. The number of hydrogen-bond donors (Lipinski definition) is 2. The van der Waals surface area contributed by atoms with Gasteiger partial charge in [0.1, 0.15) is 23.0 Å². The summed E-state index contributed by atoms with van der Waals surface area (Å²) in [6.45, 7) is 4.18. The Balaban J connectivity index is 0.00000392. The Morgan fingerprint density at radius 1 is 1.18 bits per heavy atom. The minimum absolute atomic E-state index is 0. The molecule has 0 saturated heterocycles. The maximum absolute atomic E-state index is 12.6. The van der Waals surface area contributed by atoms with Gasteiger partial charge in [-0.25, -0.2) is 4.99 Å². The number of methoxy groups -OCH3 is 1. The SMILES string of the molecule is CCNC(=NCc1cc(OC)ccc1OC(F)F)NCc1cc(C)oc1C.I. The Kier molecular flexibility index (Phi) is 10.0. The topological polar surface area (TPSA) is 68.0 Å². The number of hydrogen-bond acceptors (Lipinski definition) is 4. The molecule has 0 fully saturated rings. The molecule has 28 heavy (non-hydrogen) atoms. The summed E-state index contributed by atoms with van der Waals surface area (Å²) >= 11 is 0. The first-order chi connectivity index (χ1) is 12.9. The predicted octanol–water partition coefficient (Wildman–Crippen LogP) is 4.38. The summed E-state index contributed by atoms with van der Waals surface area (Å²) in [4.78, 5) is 4.46. The maximum Gasteiger partial charge on any atom is 0.387 e. The fourth-order valence-electron chi connectivity index (χ4n) is 2.56. The molecule has 0 aliphatic heterocycles. The third kappa shape index (κ3) is 7.17. The van der Waals surface area contributed by atoms with Gasteiger partial charge in [0.2, 0.25) is 0 Å². The van der Waals surface area contributed by atoms with Crippen molar-refractivity contribution in [2.24, 2.45) is 4.99 Å². The second kappa shape index (κ2) is 11.7. The van der Waals surface area contributed by atoms with E-state index in [1.807, 2.05) is 26.8 Å². The van der Waals surface area contributed by atoms with E-state index in [-0.39, 0.29) is 36.3 Å². The van der Waals surface area contributed by atoms with Crippen molar-refractivity contribution in [1.29, 1.82) is 0 Å². The molecule has 156 valence electrons. The summed E-state index contributed by atoms with van der Waals surface area (Å²) in [6.07, 6.45) is 0. The number of aryl methyl sites for hydroxylation is 2. The summed E-state index contributed by atoms with van der Waals surface area (Å²) in [7, 11) is 1.51. The van der Waals surface area contributed by atoms with Crippen LogP contribution in [0, 0.1) is 13.8 Å². The number of furan rings is 1. The van der Waals surface area contributed by atoms with Gasteiger partial charge < -0.3 is 24.5 Å². The van der Waals surface area contributed by atoms with Crippen LogP contribution in [0.3, 0.4) is 0 Å². The summed E-state index contributed by atoms with van der Waals surface area (Å²) < 4.78 is 40.5. The van der Waals surface area contributed by atoms with Crippen molar-refractivity contribution in [3.05, 3.63) is 46.9 Å². The number of halogens is 3. The van der Waals surface area contributed by atoms with Gasteiger partial charge in [0.05, 0.1) is 13.7 Å². The number of benzene rings is 1. The molecule has 0 spiro atoms. The summed E-state index contributed by atoms with van der Waals surface area (Å²) in [6, 6.07) is 6.61. The van der Waals surface area contributed by atoms with Crippen molar-refractivity contribution in [3.8, 4) is 11.5 Å². The third-order valence-corrected chi connectivity index (χ3v) is 3.83. The molecule has 0 bridgehead atoms. The molecule has 0 aliphatic rings. The minimum atomic E-state index is -2.90. The van der Waals surface area contributed by atoms with Gasteiger partial charge >= 0.3 is 6.61 Å². The zero-order valence-corrected chi connectivity index (χ0v) is 18.7. The summed E-state index contributed by atoms with van der Waals surface area (Å²) in [5.41, 5.74) is 1.53. The number of guanidine groups is 1. The average Bonchev–Trinajstić information content (AvgIpc) is 2.95. The van der Waals surface area contributed by atoms with Gasteiger partial charge in [-0.3, -0.25) is 0 Å². The van der Waals surface area contributed by atoms with Crippen LogP contribution in [0.4, 0.5) is 8.78 Å². The second-order valence-electron chi connectivity index (χ2n) is 5.84. The van der Waals surface area contributed by atoms with E-state index in [1.54, 1.807) is 12.1 Å². The van der Waals surface area contributed by atoms with E-state index in [0.717, 1.165) is 17.1 Å². The van der Waals surface area contributed by atoms with Crippen molar-refractivity contribution in [2.75, 3.05) is 13.7 Å². The van der Waals surface area contributed by atoms with Crippen LogP contribution in [0.5, 0.6) is 11.5 Å². The van der Waals surface area contributed by atoms with Gasteiger partial charge in [0.15, 0.2) is 5.96 Å². The lowest BCUT2D eigenvalue weighted by Gasteiger charge is -2.13. The number of nitrogens with zero attached hydrogens (tertiary/aromatic N) is 1. The minimum Gasteiger partial charge on any atom is -0.497 e. The lowest BCUT2D eigenvalue weighted by atomic mass is 10.2. The molecule has 0 aliphatic carbocycles. The zero-order chi connectivity index (χ0) is 19.8. The molecule has 0 amide bonds. The third-order valence-electron chi connectivity index (χ3n) is 3.83. The van der Waals surface area contributed by atoms with Crippen LogP contribution in [0.25, 0.3) is 0 Å². The molecular formula is C19H26F2IN3O3. The standard InChI is InChI=1S/C19H25F2N3O3.HI/c1-5-22-19(23-10-14-8-12(2)26-13(14)3)24-11-15-9-16(25-4)6-7-17(15)27-18(20)21;/h6-9,18H,5,10-11H2,1-4H3,(H2,22,23,24);1H. The molecule has 1 aromatic heterocycles. The van der Waals surface area contributed by atoms with E-state index >= 15 is 0 Å². The van der Waals surface area contributed by atoms with Gasteiger partial charge in [0, 0.05) is 24.2 Å². The molecule has 1 aromatic carbocycles. The van der Waals surface area contributed by atoms with Crippen molar-refractivity contribution >= 4 is 29.9 Å². The van der Waals surface area contributed by atoms with Crippen LogP contribution < -0.4 is 20.1 Å². The fraction of sp³-hybridized carbons (Fsp3) is 0.421. The average molecular weight is 509 g/mol. The zero-order valence-electron chi connectivity index (χ0n) is 16.3. The predicted molar refractivity (Wildman–Crippen MR) is 115 cm³/mol. The number of nitrogens with one attached hydrogen (secondary N) is 2. The van der Waals surface area contributed by atoms with Crippen LogP contribution in [-0.4, -0.2) is 26.2 Å². The first-order valence-electron chi connectivity index (χ1n) is 8.62. The van der Waals surface area contributed by atoms with Gasteiger partial charge in [-0.1, -0.05) is 0 Å². The number of rotatable bonds is 8. The number of alkyl halides is 2. The largest absolute Gasteiger partial charge is 0.497 e. The Hall–Kier alpha value is -2.04. The summed E-state index contributed by atoms with van der Waals surface area (Å²) in [5.74, 6) is 2.87. The van der Waals surface area contributed by atoms with Crippen molar-refractivity contribution in [3.63, 3.8) is 0 Å². The molecule has 0 radical (unpaired) electrons.